The van der Waals surface area contributed by atoms with Gasteiger partial charge in [-0.3, -0.25) is 9.69 Å². The number of rotatable bonds is 10. The maximum Gasteiger partial charge on any atom is 0.416 e. The van der Waals surface area contributed by atoms with Crippen LogP contribution in [0.5, 0.6) is 0 Å². The van der Waals surface area contributed by atoms with Gasteiger partial charge in [0.2, 0.25) is 6.35 Å². The molecule has 0 saturated heterocycles. The Morgan fingerprint density at radius 3 is 2.50 bits per heavy atom. The number of halogens is 6. The molecule has 2 aromatic carbocycles. The lowest BCUT2D eigenvalue weighted by Crippen LogP contribution is -2.53. The molecule has 38 heavy (non-hydrogen) atoms. The van der Waals surface area contributed by atoms with Gasteiger partial charge in [0.15, 0.2) is 0 Å². The van der Waals surface area contributed by atoms with Crippen molar-refractivity contribution in [3.8, 4) is 0 Å². The molecule has 2 unspecified atom stereocenters. The van der Waals surface area contributed by atoms with E-state index in [1.165, 1.54) is 17.0 Å². The number of aryl methyl sites for hydroxylation is 1. The van der Waals surface area contributed by atoms with Gasteiger partial charge in [0, 0.05) is 25.2 Å². The van der Waals surface area contributed by atoms with Crippen LogP contribution < -0.4 is 0 Å². The summed E-state index contributed by atoms with van der Waals surface area (Å²) in [6.07, 6.45) is -3.33. The molecule has 3 rings (SSSR count). The summed E-state index contributed by atoms with van der Waals surface area (Å²) in [5.74, 6) is -0.232. The molecule has 1 amide bonds. The van der Waals surface area contributed by atoms with Crippen LogP contribution in [0.4, 0.5) is 13.2 Å². The third-order valence-corrected chi connectivity index (χ3v) is 12.5. The maximum atomic E-state index is 13.4. The van der Waals surface area contributed by atoms with Crippen molar-refractivity contribution in [2.24, 2.45) is 5.92 Å². The first-order chi connectivity index (χ1) is 17.9. The molecule has 2 aromatic rings. The van der Waals surface area contributed by atoms with Crippen molar-refractivity contribution in [3.05, 3.63) is 77.5 Å². The predicted octanol–water partition coefficient (Wildman–Crippen LogP) is 6.35. The van der Waals surface area contributed by atoms with Crippen LogP contribution in [0.3, 0.4) is 0 Å². The van der Waals surface area contributed by atoms with Gasteiger partial charge in [0.25, 0.3) is 5.91 Å². The van der Waals surface area contributed by atoms with Crippen molar-refractivity contribution >= 4 is 64.3 Å². The molecule has 0 aliphatic carbocycles. The first-order valence-electron chi connectivity index (χ1n) is 12.1. The van der Waals surface area contributed by atoms with Crippen molar-refractivity contribution in [1.82, 2.24) is 9.80 Å². The standard InChI is InChI=1S/C27H30ClF3I2N2O3/c1-17(7-8-18-9-11-21(28)12-10-18)22(16-19-5-3-6-20(15-19)27(29,30)31)33-24-23(32)25(37)35(13-4-14-36)26(38)34(24)2/h3,5-6,9-12,15,17,26,36,38H,4,7-8,13-14,16H2,1-2H3. The first-order valence-corrected chi connectivity index (χ1v) is 15.7. The van der Waals surface area contributed by atoms with E-state index < -0.39 is 38.8 Å². The first kappa shape index (κ1) is 31.3. The summed E-state index contributed by atoms with van der Waals surface area (Å²) in [6.45, 7) is 2.19. The number of carbonyl (C=O) groups is 1. The second-order valence-electron chi connectivity index (χ2n) is 9.12. The average molecular weight is 777 g/mol. The van der Waals surface area contributed by atoms with Crippen LogP contribution in [-0.2, 0) is 23.8 Å². The van der Waals surface area contributed by atoms with E-state index in [2.05, 4.69) is 6.92 Å². The summed E-state index contributed by atoms with van der Waals surface area (Å²) in [7, 11) is 1.72. The monoisotopic (exact) mass is 776 g/mol. The largest absolute Gasteiger partial charge is 0.416 e. The summed E-state index contributed by atoms with van der Waals surface area (Å²) in [4.78, 5) is 16.1. The Hall–Kier alpha value is -1.22. The number of amides is 1. The third kappa shape index (κ3) is 8.15. The van der Waals surface area contributed by atoms with Crippen LogP contribution in [0.1, 0.15) is 36.5 Å². The van der Waals surface area contributed by atoms with Gasteiger partial charge in [-0.2, -0.15) is 13.2 Å². The molecule has 5 nitrogen and oxygen atoms in total. The maximum absolute atomic E-state index is 13.4. The van der Waals surface area contributed by atoms with E-state index in [4.69, 9.17) is 16.7 Å². The van der Waals surface area contributed by atoms with Crippen LogP contribution in [0.2, 0.25) is 5.02 Å². The van der Waals surface area contributed by atoms with Gasteiger partial charge in [-0.1, -0.05) is 69.6 Å². The summed E-state index contributed by atoms with van der Waals surface area (Å²) in [5, 5.41) is 20.7. The summed E-state index contributed by atoms with van der Waals surface area (Å²) in [5.41, 5.74) is 1.00. The van der Waals surface area contributed by atoms with Gasteiger partial charge in [-0.05, 0) is 87.0 Å². The Labute approximate surface area is 249 Å². The highest BCUT2D eigenvalue weighted by atomic mass is 127. The van der Waals surface area contributed by atoms with E-state index in [1.54, 1.807) is 18.0 Å². The molecule has 1 aliphatic rings. The number of carbonyl (C=O) groups excluding carboxylic acids is 1. The zero-order valence-corrected chi connectivity index (χ0v) is 26.1. The highest BCUT2D eigenvalue weighted by molar-refractivity contribution is 14.2. The molecule has 0 radical (unpaired) electrons. The number of hydrogen-bond acceptors (Lipinski definition) is 4. The number of aliphatic hydroxyl groups is 2. The number of benzene rings is 2. The molecule has 0 bridgehead atoms. The Bertz CT molecular complexity index is 1190. The zero-order chi connectivity index (χ0) is 28.0. The van der Waals surface area contributed by atoms with Crippen molar-refractivity contribution < 1.29 is 28.2 Å². The fraction of sp³-hybridized carbons (Fsp3) is 0.407. The molecule has 0 spiro atoms. The lowest BCUT2D eigenvalue weighted by atomic mass is 9.94. The van der Waals surface area contributed by atoms with Gasteiger partial charge >= 0.3 is 6.18 Å². The summed E-state index contributed by atoms with van der Waals surface area (Å²) in [6, 6.07) is 13.0. The van der Waals surface area contributed by atoms with Crippen LogP contribution in [0.15, 0.2) is 55.8 Å². The van der Waals surface area contributed by atoms with Crippen molar-refractivity contribution in [1.29, 1.82) is 0 Å². The quantitative estimate of drug-likeness (QED) is 0.218. The molecule has 208 valence electrons. The lowest BCUT2D eigenvalue weighted by molar-refractivity contribution is -0.151. The fourth-order valence-corrected chi connectivity index (χ4v) is 8.74. The minimum atomic E-state index is -4.43. The molecule has 2 atom stereocenters. The van der Waals surface area contributed by atoms with Crippen LogP contribution in [0.25, 0.3) is 0 Å². The Balaban J connectivity index is 1.96. The van der Waals surface area contributed by atoms with Crippen LogP contribution in [0, 0.1) is 5.92 Å². The fourth-order valence-electron chi connectivity index (χ4n) is 4.01. The van der Waals surface area contributed by atoms with E-state index in [9.17, 15) is 23.1 Å². The minimum Gasteiger partial charge on any atom is -0.396 e. The Morgan fingerprint density at radius 1 is 1.18 bits per heavy atom. The summed E-state index contributed by atoms with van der Waals surface area (Å²) < 4.78 is 42.4. The molecule has 1 heterocycles. The molecule has 1 aliphatic heterocycles. The van der Waals surface area contributed by atoms with Crippen LogP contribution in [-0.4, -0.2) is 56.0 Å². The zero-order valence-electron chi connectivity index (χ0n) is 21.0. The topological polar surface area (TPSA) is 64.0 Å². The van der Waals surface area contributed by atoms with Gasteiger partial charge < -0.3 is 15.1 Å². The van der Waals surface area contributed by atoms with Crippen LogP contribution >= 0.6 is 54.9 Å². The Morgan fingerprint density at radius 2 is 1.87 bits per heavy atom. The molecular formula is C27H30ClF3I2N2O3. The van der Waals surface area contributed by atoms with E-state index >= 15 is 0 Å². The highest BCUT2D eigenvalue weighted by Crippen LogP contribution is 2.37. The number of alkyl halides is 3. The third-order valence-electron chi connectivity index (χ3n) is 6.27. The van der Waals surface area contributed by atoms with E-state index in [1.807, 2.05) is 46.9 Å². The average Bonchev–Trinajstić information content (AvgIpc) is 2.88. The SMILES string of the molecule is CC(CCc1ccc(Cl)cc1)C(Cc1cccc(C(F)(F)F)c1)=IC1=C(I)C(=O)N(CCCO)C(O)N1C. The van der Waals surface area contributed by atoms with E-state index in [-0.39, 0.29) is 25.0 Å². The van der Waals surface area contributed by atoms with Crippen molar-refractivity contribution in [3.63, 3.8) is 0 Å². The second kappa shape index (κ2) is 13.9. The second-order valence-corrected chi connectivity index (χ2v) is 13.6. The predicted molar refractivity (Wildman–Crippen MR) is 161 cm³/mol. The van der Waals surface area contributed by atoms with Crippen molar-refractivity contribution in [2.45, 2.75) is 45.1 Å². The normalized spacial score (nSPS) is 18.1. The minimum absolute atomic E-state index is 0.0674. The van der Waals surface area contributed by atoms with Gasteiger partial charge in [0.05, 0.1) is 9.27 Å². The summed E-state index contributed by atoms with van der Waals surface area (Å²) >= 11 is 7.04. The molecule has 0 aromatic heterocycles. The molecular weight excluding hydrogens is 747 g/mol. The highest BCUT2D eigenvalue weighted by Gasteiger charge is 2.35. The van der Waals surface area contributed by atoms with Gasteiger partial charge in [0.1, 0.15) is 3.58 Å². The molecule has 11 heteroatoms. The van der Waals surface area contributed by atoms with Crippen molar-refractivity contribution in [2.75, 3.05) is 20.2 Å². The van der Waals surface area contributed by atoms with E-state index in [0.29, 0.717) is 27.0 Å². The molecule has 0 fully saturated rings. The molecule has 2 N–H and O–H groups in total. The van der Waals surface area contributed by atoms with Gasteiger partial charge in [-0.15, -0.1) is 0 Å². The van der Waals surface area contributed by atoms with Gasteiger partial charge in [-0.25, -0.2) is 0 Å². The smallest absolute Gasteiger partial charge is 0.396 e. The number of hydrogen-bond donors (Lipinski definition) is 2. The number of aliphatic hydroxyl groups excluding tert-OH is 2. The molecule has 0 saturated carbocycles. The van der Waals surface area contributed by atoms with E-state index in [0.717, 1.165) is 31.7 Å². The Kier molecular flexibility index (Phi) is 11.5. The number of nitrogens with zero attached hydrogens (tertiary/aromatic N) is 2. The lowest BCUT2D eigenvalue weighted by Gasteiger charge is -2.40.